The van der Waals surface area contributed by atoms with Crippen LogP contribution in [-0.4, -0.2) is 56.5 Å². The molecule has 1 fully saturated rings. The fourth-order valence-electron chi connectivity index (χ4n) is 4.02. The molecule has 0 aliphatic carbocycles. The van der Waals surface area contributed by atoms with E-state index in [1.54, 1.807) is 16.6 Å². The highest BCUT2D eigenvalue weighted by Gasteiger charge is 2.27. The van der Waals surface area contributed by atoms with Crippen LogP contribution in [0.2, 0.25) is 0 Å². The van der Waals surface area contributed by atoms with Gasteiger partial charge in [-0.25, -0.2) is 4.98 Å². The average Bonchev–Trinajstić information content (AvgIpc) is 3.38. The minimum atomic E-state index is -0.366. The standard InChI is InChI=1S/C23H29N5O3/c1-15-11-20-24-19(12-21(28(20)26-15)27-10-4-5-18(27)13-29)25-22(31)16-6-8-17(9-7-16)23(2,3)14-30/h6-9,11-12,18,29-30H,4-5,10,13-14H2,1-3H3,(H,24,25,31)/t18-/m0/s1. The van der Waals surface area contributed by atoms with Gasteiger partial charge in [0, 0.05) is 29.7 Å². The van der Waals surface area contributed by atoms with Crippen LogP contribution in [0, 0.1) is 6.92 Å². The lowest BCUT2D eigenvalue weighted by Crippen LogP contribution is -2.33. The topological polar surface area (TPSA) is 103 Å². The predicted molar refractivity (Wildman–Crippen MR) is 120 cm³/mol. The Balaban J connectivity index is 1.63. The van der Waals surface area contributed by atoms with Gasteiger partial charge in [-0.15, -0.1) is 0 Å². The van der Waals surface area contributed by atoms with Gasteiger partial charge in [0.2, 0.25) is 0 Å². The number of aliphatic hydroxyl groups is 2. The molecule has 0 spiro atoms. The van der Waals surface area contributed by atoms with Crippen molar-refractivity contribution >= 4 is 23.2 Å². The number of aliphatic hydroxyl groups excluding tert-OH is 2. The van der Waals surface area contributed by atoms with Crippen molar-refractivity contribution < 1.29 is 15.0 Å². The number of fused-ring (bicyclic) bond motifs is 1. The van der Waals surface area contributed by atoms with Crippen LogP contribution in [0.4, 0.5) is 11.6 Å². The Kier molecular flexibility index (Phi) is 5.68. The molecule has 2 aromatic heterocycles. The molecule has 4 rings (SSSR count). The largest absolute Gasteiger partial charge is 0.395 e. The molecule has 8 nitrogen and oxygen atoms in total. The van der Waals surface area contributed by atoms with Gasteiger partial charge >= 0.3 is 0 Å². The normalized spacial score (nSPS) is 16.8. The van der Waals surface area contributed by atoms with Gasteiger partial charge in [0.05, 0.1) is 24.9 Å². The highest BCUT2D eigenvalue weighted by molar-refractivity contribution is 6.04. The molecule has 3 heterocycles. The number of aromatic nitrogens is 3. The lowest BCUT2D eigenvalue weighted by atomic mass is 9.85. The van der Waals surface area contributed by atoms with Crippen molar-refractivity contribution in [3.05, 3.63) is 53.2 Å². The molecule has 0 saturated carbocycles. The average molecular weight is 424 g/mol. The van der Waals surface area contributed by atoms with Gasteiger partial charge in [0.15, 0.2) is 5.65 Å². The van der Waals surface area contributed by atoms with Crippen LogP contribution in [0.15, 0.2) is 36.4 Å². The van der Waals surface area contributed by atoms with Gasteiger partial charge in [-0.05, 0) is 37.5 Å². The molecule has 0 bridgehead atoms. The maximum absolute atomic E-state index is 12.9. The van der Waals surface area contributed by atoms with Gasteiger partial charge in [0.25, 0.3) is 5.91 Å². The van der Waals surface area contributed by atoms with Crippen LogP contribution < -0.4 is 10.2 Å². The Bertz CT molecular complexity index is 1090. The number of rotatable bonds is 6. The molecule has 8 heteroatoms. The second-order valence-corrected chi connectivity index (χ2v) is 8.80. The zero-order valence-corrected chi connectivity index (χ0v) is 18.2. The zero-order valence-electron chi connectivity index (χ0n) is 18.2. The van der Waals surface area contributed by atoms with Crippen molar-refractivity contribution in [2.24, 2.45) is 0 Å². The first-order valence-electron chi connectivity index (χ1n) is 10.6. The molecule has 1 atom stereocenters. The fourth-order valence-corrected chi connectivity index (χ4v) is 4.02. The SMILES string of the molecule is Cc1cc2nc(NC(=O)c3ccc(C(C)(C)CO)cc3)cc(N3CCC[C@H]3CO)n2n1. The van der Waals surface area contributed by atoms with E-state index in [4.69, 9.17) is 0 Å². The maximum Gasteiger partial charge on any atom is 0.256 e. The van der Waals surface area contributed by atoms with E-state index in [9.17, 15) is 15.0 Å². The maximum atomic E-state index is 12.9. The summed E-state index contributed by atoms with van der Waals surface area (Å²) in [6.45, 7) is 6.73. The van der Waals surface area contributed by atoms with Crippen molar-refractivity contribution in [2.75, 3.05) is 30.0 Å². The third-order valence-corrected chi connectivity index (χ3v) is 5.98. The Labute approximate surface area is 181 Å². The Morgan fingerprint density at radius 2 is 1.97 bits per heavy atom. The smallest absolute Gasteiger partial charge is 0.256 e. The first kappa shape index (κ1) is 21.3. The molecular weight excluding hydrogens is 394 g/mol. The fraction of sp³-hybridized carbons (Fsp3) is 0.435. The zero-order chi connectivity index (χ0) is 22.2. The van der Waals surface area contributed by atoms with E-state index in [1.807, 2.05) is 45.0 Å². The van der Waals surface area contributed by atoms with Crippen molar-refractivity contribution in [1.29, 1.82) is 0 Å². The first-order chi connectivity index (χ1) is 14.8. The molecule has 1 aromatic carbocycles. The van der Waals surface area contributed by atoms with Crippen molar-refractivity contribution in [1.82, 2.24) is 14.6 Å². The minimum absolute atomic E-state index is 0.0288. The summed E-state index contributed by atoms with van der Waals surface area (Å²) < 4.78 is 1.77. The lowest BCUT2D eigenvalue weighted by Gasteiger charge is -2.26. The number of hydrogen-bond acceptors (Lipinski definition) is 6. The molecule has 0 radical (unpaired) electrons. The predicted octanol–water partition coefficient (Wildman–Crippen LogP) is 2.52. The lowest BCUT2D eigenvalue weighted by molar-refractivity contribution is 0.102. The Morgan fingerprint density at radius 3 is 2.65 bits per heavy atom. The van der Waals surface area contributed by atoms with E-state index in [1.165, 1.54) is 0 Å². The first-order valence-corrected chi connectivity index (χ1v) is 10.6. The van der Waals surface area contributed by atoms with Gasteiger partial charge in [0.1, 0.15) is 11.6 Å². The third kappa shape index (κ3) is 4.13. The highest BCUT2D eigenvalue weighted by Crippen LogP contribution is 2.28. The quantitative estimate of drug-likeness (QED) is 0.563. The number of carbonyl (C=O) groups excluding carboxylic acids is 1. The number of anilines is 2. The van der Waals surface area contributed by atoms with Crippen LogP contribution in [0.1, 0.15) is 48.3 Å². The second-order valence-electron chi connectivity index (χ2n) is 8.80. The van der Waals surface area contributed by atoms with Crippen molar-refractivity contribution in [3.63, 3.8) is 0 Å². The van der Waals surface area contributed by atoms with Gasteiger partial charge in [-0.1, -0.05) is 26.0 Å². The van der Waals surface area contributed by atoms with E-state index in [0.29, 0.717) is 17.0 Å². The number of benzene rings is 1. The summed E-state index contributed by atoms with van der Waals surface area (Å²) in [6, 6.07) is 11.0. The van der Waals surface area contributed by atoms with Gasteiger partial charge in [-0.3, -0.25) is 4.79 Å². The number of nitrogens with zero attached hydrogens (tertiary/aromatic N) is 4. The summed E-state index contributed by atoms with van der Waals surface area (Å²) >= 11 is 0. The molecule has 1 amide bonds. The molecule has 1 aliphatic heterocycles. The molecular formula is C23H29N5O3. The molecule has 1 saturated heterocycles. The monoisotopic (exact) mass is 423 g/mol. The number of carbonyl (C=O) groups is 1. The van der Waals surface area contributed by atoms with Crippen LogP contribution in [-0.2, 0) is 5.41 Å². The summed E-state index contributed by atoms with van der Waals surface area (Å²) in [6.07, 6.45) is 1.91. The summed E-state index contributed by atoms with van der Waals surface area (Å²) in [4.78, 5) is 19.6. The van der Waals surface area contributed by atoms with Crippen LogP contribution in [0.5, 0.6) is 0 Å². The summed E-state index contributed by atoms with van der Waals surface area (Å²) in [7, 11) is 0. The number of aryl methyl sites for hydroxylation is 1. The van der Waals surface area contributed by atoms with Crippen molar-refractivity contribution in [2.45, 2.75) is 45.1 Å². The molecule has 1 aliphatic rings. The molecule has 0 unspecified atom stereocenters. The van der Waals surface area contributed by atoms with Gasteiger partial charge < -0.3 is 20.4 Å². The van der Waals surface area contributed by atoms with E-state index in [0.717, 1.165) is 36.5 Å². The molecule has 164 valence electrons. The van der Waals surface area contributed by atoms with E-state index in [2.05, 4.69) is 20.3 Å². The Morgan fingerprint density at radius 1 is 1.23 bits per heavy atom. The van der Waals surface area contributed by atoms with E-state index >= 15 is 0 Å². The molecule has 31 heavy (non-hydrogen) atoms. The minimum Gasteiger partial charge on any atom is -0.395 e. The third-order valence-electron chi connectivity index (χ3n) is 5.98. The number of hydrogen-bond donors (Lipinski definition) is 3. The van der Waals surface area contributed by atoms with Crippen LogP contribution in [0.25, 0.3) is 5.65 Å². The molecule has 3 aromatic rings. The summed E-state index contributed by atoms with van der Waals surface area (Å²) in [5.41, 5.74) is 2.59. The summed E-state index contributed by atoms with van der Waals surface area (Å²) in [5, 5.41) is 26.8. The van der Waals surface area contributed by atoms with Crippen LogP contribution >= 0.6 is 0 Å². The van der Waals surface area contributed by atoms with Gasteiger partial charge in [-0.2, -0.15) is 9.61 Å². The van der Waals surface area contributed by atoms with E-state index in [-0.39, 0.29) is 30.6 Å². The molecule has 3 N–H and O–H groups in total. The number of nitrogens with one attached hydrogen (secondary N) is 1. The van der Waals surface area contributed by atoms with Crippen molar-refractivity contribution in [3.8, 4) is 0 Å². The summed E-state index contributed by atoms with van der Waals surface area (Å²) in [5.74, 6) is 0.994. The van der Waals surface area contributed by atoms with Crippen LogP contribution in [0.3, 0.4) is 0 Å². The number of amides is 1. The van der Waals surface area contributed by atoms with E-state index < -0.39 is 0 Å². The highest BCUT2D eigenvalue weighted by atomic mass is 16.3. The second kappa shape index (κ2) is 8.28. The Hall–Kier alpha value is -2.97.